The summed E-state index contributed by atoms with van der Waals surface area (Å²) in [5, 5.41) is 18.4. The average molecular weight is 276 g/mol. The Labute approximate surface area is 121 Å². The number of nitrogens with zero attached hydrogens (tertiary/aromatic N) is 2. The summed E-state index contributed by atoms with van der Waals surface area (Å²) in [5.74, 6) is 0.604. The number of hydrogen-bond acceptors (Lipinski definition) is 4. The summed E-state index contributed by atoms with van der Waals surface area (Å²) in [6.07, 6.45) is 2.11. The SMILES string of the molecule is CCC(CC)N(CCO)Cc1ccc(OC)c(C#N)c1. The lowest BCUT2D eigenvalue weighted by Gasteiger charge is -2.30. The van der Waals surface area contributed by atoms with Crippen LogP contribution in [-0.4, -0.2) is 36.3 Å². The molecule has 110 valence electrons. The van der Waals surface area contributed by atoms with Gasteiger partial charge in [0.15, 0.2) is 0 Å². The molecule has 0 atom stereocenters. The maximum absolute atomic E-state index is 9.22. The highest BCUT2D eigenvalue weighted by Crippen LogP contribution is 2.21. The molecule has 20 heavy (non-hydrogen) atoms. The molecule has 0 saturated heterocycles. The Bertz CT molecular complexity index is 450. The molecule has 0 bridgehead atoms. The van der Waals surface area contributed by atoms with Gasteiger partial charge >= 0.3 is 0 Å². The zero-order chi connectivity index (χ0) is 15.0. The first-order valence-corrected chi connectivity index (χ1v) is 7.12. The first kappa shape index (κ1) is 16.5. The summed E-state index contributed by atoms with van der Waals surface area (Å²) >= 11 is 0. The first-order chi connectivity index (χ1) is 9.69. The van der Waals surface area contributed by atoms with Crippen LogP contribution in [0.4, 0.5) is 0 Å². The Morgan fingerprint density at radius 1 is 1.35 bits per heavy atom. The van der Waals surface area contributed by atoms with Crippen molar-refractivity contribution in [1.82, 2.24) is 4.90 Å². The fourth-order valence-corrected chi connectivity index (χ4v) is 2.50. The van der Waals surface area contributed by atoms with Gasteiger partial charge in [-0.3, -0.25) is 4.90 Å². The van der Waals surface area contributed by atoms with Crippen molar-refractivity contribution in [2.45, 2.75) is 39.3 Å². The molecule has 1 rings (SSSR count). The van der Waals surface area contributed by atoms with E-state index in [0.29, 0.717) is 23.9 Å². The van der Waals surface area contributed by atoms with Crippen molar-refractivity contribution >= 4 is 0 Å². The van der Waals surface area contributed by atoms with Crippen LogP contribution in [0, 0.1) is 11.3 Å². The van der Waals surface area contributed by atoms with Crippen molar-refractivity contribution in [3.8, 4) is 11.8 Å². The number of nitriles is 1. The third-order valence-electron chi connectivity index (χ3n) is 3.62. The molecule has 4 heteroatoms. The predicted molar refractivity (Wildman–Crippen MR) is 79.6 cm³/mol. The van der Waals surface area contributed by atoms with Crippen LogP contribution < -0.4 is 4.74 Å². The molecule has 0 aliphatic rings. The largest absolute Gasteiger partial charge is 0.495 e. The highest BCUT2D eigenvalue weighted by molar-refractivity contribution is 5.45. The summed E-state index contributed by atoms with van der Waals surface area (Å²) in [5.41, 5.74) is 1.63. The quantitative estimate of drug-likeness (QED) is 0.793. The number of benzene rings is 1. The normalized spacial score (nSPS) is 10.8. The van der Waals surface area contributed by atoms with E-state index in [1.165, 1.54) is 0 Å². The van der Waals surface area contributed by atoms with Crippen LogP contribution in [0.1, 0.15) is 37.8 Å². The molecule has 1 aromatic carbocycles. The molecule has 0 fully saturated rings. The van der Waals surface area contributed by atoms with Crippen LogP contribution in [0.5, 0.6) is 5.75 Å². The lowest BCUT2D eigenvalue weighted by molar-refractivity contribution is 0.136. The van der Waals surface area contributed by atoms with Gasteiger partial charge < -0.3 is 9.84 Å². The Morgan fingerprint density at radius 2 is 2.05 bits per heavy atom. The van der Waals surface area contributed by atoms with Crippen LogP contribution in [0.2, 0.25) is 0 Å². The second kappa shape index (κ2) is 8.57. The van der Waals surface area contributed by atoms with Gasteiger partial charge in [-0.15, -0.1) is 0 Å². The van der Waals surface area contributed by atoms with Crippen LogP contribution in [-0.2, 0) is 6.54 Å². The molecule has 1 aromatic rings. The van der Waals surface area contributed by atoms with Crippen molar-refractivity contribution in [1.29, 1.82) is 5.26 Å². The lowest BCUT2D eigenvalue weighted by atomic mass is 10.1. The van der Waals surface area contributed by atoms with E-state index >= 15 is 0 Å². The van der Waals surface area contributed by atoms with Gasteiger partial charge in [-0.05, 0) is 30.5 Å². The maximum Gasteiger partial charge on any atom is 0.136 e. The van der Waals surface area contributed by atoms with Gasteiger partial charge in [-0.1, -0.05) is 19.9 Å². The smallest absolute Gasteiger partial charge is 0.136 e. The fraction of sp³-hybridized carbons (Fsp3) is 0.562. The number of aliphatic hydroxyl groups excluding tert-OH is 1. The molecule has 0 spiro atoms. The van der Waals surface area contributed by atoms with E-state index in [0.717, 1.165) is 24.9 Å². The van der Waals surface area contributed by atoms with Crippen molar-refractivity contribution in [3.05, 3.63) is 29.3 Å². The molecular weight excluding hydrogens is 252 g/mol. The maximum atomic E-state index is 9.22. The Hall–Kier alpha value is -1.57. The van der Waals surface area contributed by atoms with Crippen molar-refractivity contribution in [2.75, 3.05) is 20.3 Å². The summed E-state index contributed by atoms with van der Waals surface area (Å²) in [7, 11) is 1.57. The summed E-state index contributed by atoms with van der Waals surface area (Å²) in [6.45, 7) is 5.87. The predicted octanol–water partition coefficient (Wildman–Crippen LogP) is 2.55. The zero-order valence-corrected chi connectivity index (χ0v) is 12.6. The summed E-state index contributed by atoms with van der Waals surface area (Å²) in [4.78, 5) is 2.27. The van der Waals surface area contributed by atoms with Crippen LogP contribution in [0.25, 0.3) is 0 Å². The van der Waals surface area contributed by atoms with Gasteiger partial charge in [0.1, 0.15) is 11.8 Å². The zero-order valence-electron chi connectivity index (χ0n) is 12.6. The second-order valence-corrected chi connectivity index (χ2v) is 4.81. The number of aliphatic hydroxyl groups is 1. The second-order valence-electron chi connectivity index (χ2n) is 4.81. The first-order valence-electron chi connectivity index (χ1n) is 7.12. The van der Waals surface area contributed by atoms with Gasteiger partial charge in [-0.25, -0.2) is 0 Å². The third-order valence-corrected chi connectivity index (χ3v) is 3.62. The van der Waals surface area contributed by atoms with Crippen LogP contribution in [0.15, 0.2) is 18.2 Å². The molecule has 0 aliphatic heterocycles. The number of rotatable bonds is 8. The van der Waals surface area contributed by atoms with Gasteiger partial charge in [0, 0.05) is 19.1 Å². The van der Waals surface area contributed by atoms with Gasteiger partial charge in [0.25, 0.3) is 0 Å². The lowest BCUT2D eigenvalue weighted by Crippen LogP contribution is -2.36. The molecule has 0 aliphatic carbocycles. The van der Waals surface area contributed by atoms with Crippen molar-refractivity contribution in [3.63, 3.8) is 0 Å². The molecular formula is C16H24N2O2. The van der Waals surface area contributed by atoms with E-state index in [2.05, 4.69) is 24.8 Å². The molecule has 0 unspecified atom stereocenters. The van der Waals surface area contributed by atoms with E-state index in [9.17, 15) is 5.11 Å². The minimum Gasteiger partial charge on any atom is -0.495 e. The van der Waals surface area contributed by atoms with E-state index < -0.39 is 0 Å². The molecule has 0 heterocycles. The number of hydrogen-bond donors (Lipinski definition) is 1. The molecule has 0 aromatic heterocycles. The van der Waals surface area contributed by atoms with Crippen molar-refractivity contribution in [2.24, 2.45) is 0 Å². The molecule has 0 radical (unpaired) electrons. The fourth-order valence-electron chi connectivity index (χ4n) is 2.50. The van der Waals surface area contributed by atoms with E-state index in [-0.39, 0.29) is 6.61 Å². The Balaban J connectivity index is 2.91. The van der Waals surface area contributed by atoms with E-state index in [1.54, 1.807) is 7.11 Å². The van der Waals surface area contributed by atoms with E-state index in [4.69, 9.17) is 10.00 Å². The van der Waals surface area contributed by atoms with Crippen molar-refractivity contribution < 1.29 is 9.84 Å². The van der Waals surface area contributed by atoms with Gasteiger partial charge in [0.05, 0.1) is 19.3 Å². The van der Waals surface area contributed by atoms with Crippen LogP contribution in [0.3, 0.4) is 0 Å². The minimum atomic E-state index is 0.151. The van der Waals surface area contributed by atoms with Gasteiger partial charge in [0.2, 0.25) is 0 Å². The Kier molecular flexibility index (Phi) is 7.06. The third kappa shape index (κ3) is 4.22. The number of methoxy groups -OCH3 is 1. The molecule has 0 saturated carbocycles. The Morgan fingerprint density at radius 3 is 2.55 bits per heavy atom. The molecule has 0 amide bonds. The van der Waals surface area contributed by atoms with E-state index in [1.807, 2.05) is 18.2 Å². The molecule has 1 N–H and O–H groups in total. The average Bonchev–Trinajstić information content (AvgIpc) is 2.48. The highest BCUT2D eigenvalue weighted by atomic mass is 16.5. The monoisotopic (exact) mass is 276 g/mol. The standard InChI is InChI=1S/C16H24N2O2/c1-4-15(5-2)18(8-9-19)12-13-6-7-16(20-3)14(10-13)11-17/h6-7,10,15,19H,4-5,8-9,12H2,1-3H3. The summed E-state index contributed by atoms with van der Waals surface area (Å²) < 4.78 is 5.16. The summed E-state index contributed by atoms with van der Waals surface area (Å²) in [6, 6.07) is 8.29. The minimum absolute atomic E-state index is 0.151. The number of ether oxygens (including phenoxy) is 1. The highest BCUT2D eigenvalue weighted by Gasteiger charge is 2.15. The van der Waals surface area contributed by atoms with Gasteiger partial charge in [-0.2, -0.15) is 5.26 Å². The topological polar surface area (TPSA) is 56.5 Å². The van der Waals surface area contributed by atoms with Crippen LogP contribution >= 0.6 is 0 Å². The molecule has 4 nitrogen and oxygen atoms in total.